The van der Waals surface area contributed by atoms with Crippen LogP contribution in [-0.2, 0) is 11.8 Å². The molecule has 5 nitrogen and oxygen atoms in total. The average Bonchev–Trinajstić information content (AvgIpc) is 2.72. The van der Waals surface area contributed by atoms with Gasteiger partial charge in [0.2, 0.25) is 0 Å². The molecule has 1 aliphatic heterocycles. The van der Waals surface area contributed by atoms with E-state index in [-0.39, 0.29) is 23.6 Å². The molecule has 2 rings (SSSR count). The summed E-state index contributed by atoms with van der Waals surface area (Å²) in [7, 11) is 1.50. The summed E-state index contributed by atoms with van der Waals surface area (Å²) < 4.78 is 8.57. The topological polar surface area (TPSA) is 53.2 Å². The first-order chi connectivity index (χ1) is 8.45. The van der Waals surface area contributed by atoms with Crippen molar-refractivity contribution in [3.63, 3.8) is 0 Å². The zero-order chi connectivity index (χ0) is 13.4. The third kappa shape index (κ3) is 2.03. The van der Waals surface area contributed by atoms with Crippen molar-refractivity contribution in [1.29, 1.82) is 0 Å². The summed E-state index contributed by atoms with van der Waals surface area (Å²) in [6.45, 7) is 5.93. The zero-order valence-corrected chi connectivity index (χ0v) is 11.3. The highest BCUT2D eigenvalue weighted by Gasteiger charge is 2.32. The molecule has 1 aliphatic rings. The molecule has 0 bridgehead atoms. The molecule has 100 valence electrons. The van der Waals surface area contributed by atoms with Gasteiger partial charge in [0, 0.05) is 18.8 Å². The molecule has 3 atom stereocenters. The number of hydrogen-bond donors (Lipinski definition) is 0. The Hall–Kier alpha value is -1.36. The van der Waals surface area contributed by atoms with Gasteiger partial charge in [-0.25, -0.2) is 4.79 Å². The van der Waals surface area contributed by atoms with Gasteiger partial charge in [0.15, 0.2) is 0 Å². The number of hydrogen-bond acceptors (Lipinski definition) is 3. The van der Waals surface area contributed by atoms with Crippen molar-refractivity contribution in [2.45, 2.75) is 45.9 Å². The minimum atomic E-state index is -0.306. The van der Waals surface area contributed by atoms with Crippen molar-refractivity contribution in [2.24, 2.45) is 13.0 Å². The Morgan fingerprint density at radius 1 is 1.44 bits per heavy atom. The quantitative estimate of drug-likeness (QED) is 0.794. The summed E-state index contributed by atoms with van der Waals surface area (Å²) in [5, 5.41) is 0. The molecule has 3 unspecified atom stereocenters. The first kappa shape index (κ1) is 13.1. The van der Waals surface area contributed by atoms with Crippen LogP contribution in [0.5, 0.6) is 0 Å². The second-order valence-electron chi connectivity index (χ2n) is 5.12. The average molecular weight is 252 g/mol. The van der Waals surface area contributed by atoms with Crippen molar-refractivity contribution >= 4 is 0 Å². The van der Waals surface area contributed by atoms with Gasteiger partial charge < -0.3 is 4.74 Å². The van der Waals surface area contributed by atoms with Crippen LogP contribution in [0.1, 0.15) is 38.5 Å². The monoisotopic (exact) mass is 252 g/mol. The second-order valence-corrected chi connectivity index (χ2v) is 5.12. The van der Waals surface area contributed by atoms with Gasteiger partial charge in [-0.15, -0.1) is 0 Å². The molecular formula is C13H20N2O3. The van der Waals surface area contributed by atoms with Gasteiger partial charge in [-0.05, 0) is 25.7 Å². The van der Waals surface area contributed by atoms with E-state index in [2.05, 4.69) is 13.8 Å². The molecule has 1 saturated heterocycles. The zero-order valence-electron chi connectivity index (χ0n) is 11.3. The second kappa shape index (κ2) is 4.72. The molecule has 2 heterocycles. The lowest BCUT2D eigenvalue weighted by molar-refractivity contribution is -0.00829. The van der Waals surface area contributed by atoms with E-state index >= 15 is 0 Å². The first-order valence-corrected chi connectivity index (χ1v) is 6.40. The summed E-state index contributed by atoms with van der Waals surface area (Å²) in [6.07, 6.45) is 3.32. The standard InChI is InChI=1S/C13H20N2O3/c1-5-10-8(2)6-11(18-10)15-7-9(3)12(16)14(4)13(15)17/h7-8,10-11H,5-6H2,1-4H3. The number of aryl methyl sites for hydroxylation is 1. The molecule has 1 aromatic heterocycles. The van der Waals surface area contributed by atoms with Gasteiger partial charge in [0.1, 0.15) is 6.23 Å². The third-order valence-electron chi connectivity index (χ3n) is 3.74. The Kier molecular flexibility index (Phi) is 3.43. The molecule has 0 radical (unpaired) electrons. The van der Waals surface area contributed by atoms with E-state index < -0.39 is 0 Å². The molecular weight excluding hydrogens is 232 g/mol. The van der Waals surface area contributed by atoms with Crippen LogP contribution >= 0.6 is 0 Å². The Bertz CT molecular complexity index is 558. The van der Waals surface area contributed by atoms with Crippen LogP contribution < -0.4 is 11.2 Å². The minimum absolute atomic E-state index is 0.194. The molecule has 1 fully saturated rings. The lowest BCUT2D eigenvalue weighted by Crippen LogP contribution is -2.40. The highest BCUT2D eigenvalue weighted by Crippen LogP contribution is 2.33. The predicted molar refractivity (Wildman–Crippen MR) is 68.7 cm³/mol. The fourth-order valence-electron chi connectivity index (χ4n) is 2.59. The SMILES string of the molecule is CCC1OC(n2cc(C)c(=O)n(C)c2=O)CC1C. The maximum atomic E-state index is 12.1. The van der Waals surface area contributed by atoms with E-state index in [0.717, 1.165) is 17.4 Å². The molecule has 0 N–H and O–H groups in total. The van der Waals surface area contributed by atoms with Crippen LogP contribution in [0.25, 0.3) is 0 Å². The summed E-state index contributed by atoms with van der Waals surface area (Å²) in [4.78, 5) is 23.7. The largest absolute Gasteiger partial charge is 0.354 e. The lowest BCUT2D eigenvalue weighted by atomic mass is 10.0. The Morgan fingerprint density at radius 3 is 2.67 bits per heavy atom. The van der Waals surface area contributed by atoms with Gasteiger partial charge in [-0.1, -0.05) is 13.8 Å². The maximum Gasteiger partial charge on any atom is 0.332 e. The van der Waals surface area contributed by atoms with E-state index in [1.165, 1.54) is 7.05 Å². The molecule has 1 aromatic rings. The van der Waals surface area contributed by atoms with E-state index in [1.807, 2.05) is 0 Å². The first-order valence-electron chi connectivity index (χ1n) is 6.40. The molecule has 0 spiro atoms. The Morgan fingerprint density at radius 2 is 2.11 bits per heavy atom. The van der Waals surface area contributed by atoms with Crippen LogP contribution in [0.15, 0.2) is 15.8 Å². The van der Waals surface area contributed by atoms with Crippen molar-refractivity contribution in [2.75, 3.05) is 0 Å². The van der Waals surface area contributed by atoms with Crippen LogP contribution in [-0.4, -0.2) is 15.2 Å². The molecule has 0 aromatic carbocycles. The molecule has 5 heteroatoms. The highest BCUT2D eigenvalue weighted by atomic mass is 16.5. The van der Waals surface area contributed by atoms with Crippen molar-refractivity contribution in [3.05, 3.63) is 32.6 Å². The van der Waals surface area contributed by atoms with Gasteiger partial charge in [-0.3, -0.25) is 13.9 Å². The number of aromatic nitrogens is 2. The summed E-state index contributed by atoms with van der Waals surface area (Å²) >= 11 is 0. The molecule has 0 amide bonds. The van der Waals surface area contributed by atoms with Crippen LogP contribution in [0.4, 0.5) is 0 Å². The predicted octanol–water partition coefficient (Wildman–Crippen LogP) is 1.19. The van der Waals surface area contributed by atoms with Gasteiger partial charge >= 0.3 is 5.69 Å². The van der Waals surface area contributed by atoms with Gasteiger partial charge in [0.25, 0.3) is 5.56 Å². The van der Waals surface area contributed by atoms with Crippen LogP contribution in [0.3, 0.4) is 0 Å². The smallest absolute Gasteiger partial charge is 0.332 e. The maximum absolute atomic E-state index is 12.1. The van der Waals surface area contributed by atoms with Crippen molar-refractivity contribution < 1.29 is 4.74 Å². The molecule has 0 saturated carbocycles. The molecule has 0 aliphatic carbocycles. The fourth-order valence-corrected chi connectivity index (χ4v) is 2.59. The Labute approximate surface area is 106 Å². The van der Waals surface area contributed by atoms with Crippen molar-refractivity contribution in [1.82, 2.24) is 9.13 Å². The van der Waals surface area contributed by atoms with E-state index in [1.54, 1.807) is 17.7 Å². The summed E-state index contributed by atoms with van der Waals surface area (Å²) in [5.74, 6) is 0.435. The third-order valence-corrected chi connectivity index (χ3v) is 3.74. The highest BCUT2D eigenvalue weighted by molar-refractivity contribution is 5.03. The Balaban J connectivity index is 2.42. The van der Waals surface area contributed by atoms with E-state index in [9.17, 15) is 9.59 Å². The van der Waals surface area contributed by atoms with Gasteiger partial charge in [-0.2, -0.15) is 0 Å². The van der Waals surface area contributed by atoms with Crippen LogP contribution in [0.2, 0.25) is 0 Å². The van der Waals surface area contributed by atoms with E-state index in [0.29, 0.717) is 11.5 Å². The fraction of sp³-hybridized carbons (Fsp3) is 0.692. The normalized spacial score (nSPS) is 27.7. The number of nitrogens with zero attached hydrogens (tertiary/aromatic N) is 2. The van der Waals surface area contributed by atoms with E-state index in [4.69, 9.17) is 4.74 Å². The lowest BCUT2D eigenvalue weighted by Gasteiger charge is -2.16. The number of rotatable bonds is 2. The van der Waals surface area contributed by atoms with Crippen molar-refractivity contribution in [3.8, 4) is 0 Å². The van der Waals surface area contributed by atoms with Gasteiger partial charge in [0.05, 0.1) is 6.10 Å². The van der Waals surface area contributed by atoms with Crippen LogP contribution in [0, 0.1) is 12.8 Å². The summed E-state index contributed by atoms with van der Waals surface area (Å²) in [6, 6.07) is 0. The summed E-state index contributed by atoms with van der Waals surface area (Å²) in [5.41, 5.74) is 0.0159. The number of ether oxygens (including phenoxy) is 1. The molecule has 18 heavy (non-hydrogen) atoms. The minimum Gasteiger partial charge on any atom is -0.354 e.